The zero-order chi connectivity index (χ0) is 13.3. The molecule has 0 aromatic heterocycles. The second-order valence-electron chi connectivity index (χ2n) is 4.61. The smallest absolute Gasteiger partial charge is 0.181 e. The van der Waals surface area contributed by atoms with Gasteiger partial charge in [-0.25, -0.2) is 12.8 Å². The number of hydrogen-bond acceptors (Lipinski definition) is 4. The number of benzene rings is 1. The van der Waals surface area contributed by atoms with Gasteiger partial charge in [-0.15, -0.1) is 0 Å². The van der Waals surface area contributed by atoms with Gasteiger partial charge in [-0.05, 0) is 38.0 Å². The molecule has 4 nitrogen and oxygen atoms in total. The van der Waals surface area contributed by atoms with Crippen LogP contribution in [-0.2, 0) is 14.6 Å². The highest BCUT2D eigenvalue weighted by atomic mass is 32.2. The highest BCUT2D eigenvalue weighted by molar-refractivity contribution is 7.91. The van der Waals surface area contributed by atoms with Crippen molar-refractivity contribution < 1.29 is 17.5 Å². The average Bonchev–Trinajstić information content (AvgIpc) is 2.67. The average molecular weight is 273 g/mol. The summed E-state index contributed by atoms with van der Waals surface area (Å²) in [5.41, 5.74) is 5.26. The van der Waals surface area contributed by atoms with E-state index in [1.54, 1.807) is 0 Å². The molecule has 2 rings (SSSR count). The fraction of sp³-hybridized carbons (Fsp3) is 0.500. The molecule has 1 aliphatic rings. The molecule has 100 valence electrons. The van der Waals surface area contributed by atoms with Crippen LogP contribution in [0.1, 0.15) is 19.8 Å². The minimum atomic E-state index is -3.53. The molecule has 1 aromatic rings. The van der Waals surface area contributed by atoms with Crippen molar-refractivity contribution in [2.75, 3.05) is 11.5 Å². The van der Waals surface area contributed by atoms with Gasteiger partial charge in [0.05, 0.1) is 28.5 Å². The van der Waals surface area contributed by atoms with Crippen molar-refractivity contribution in [3.05, 3.63) is 24.0 Å². The van der Waals surface area contributed by atoms with Gasteiger partial charge in [0.2, 0.25) is 0 Å². The predicted molar refractivity (Wildman–Crippen MR) is 66.4 cm³/mol. The van der Waals surface area contributed by atoms with Gasteiger partial charge in [0.1, 0.15) is 5.82 Å². The fourth-order valence-electron chi connectivity index (χ4n) is 2.05. The third kappa shape index (κ3) is 2.81. The van der Waals surface area contributed by atoms with Crippen LogP contribution in [0.25, 0.3) is 0 Å². The minimum Gasteiger partial charge on any atom is -0.396 e. The van der Waals surface area contributed by atoms with Crippen LogP contribution in [0.15, 0.2) is 23.1 Å². The summed E-state index contributed by atoms with van der Waals surface area (Å²) in [5.74, 6) is -0.822. The van der Waals surface area contributed by atoms with Crippen LogP contribution < -0.4 is 5.73 Å². The van der Waals surface area contributed by atoms with Gasteiger partial charge in [0, 0.05) is 0 Å². The molecule has 0 saturated carbocycles. The molecule has 1 saturated heterocycles. The lowest BCUT2D eigenvalue weighted by Crippen LogP contribution is -2.21. The van der Waals surface area contributed by atoms with Gasteiger partial charge < -0.3 is 10.5 Å². The first-order valence-corrected chi connectivity index (χ1v) is 7.47. The van der Waals surface area contributed by atoms with Gasteiger partial charge in [0.25, 0.3) is 0 Å². The minimum absolute atomic E-state index is 0.0441. The van der Waals surface area contributed by atoms with E-state index >= 15 is 0 Å². The maximum absolute atomic E-state index is 13.3. The molecule has 1 aromatic carbocycles. The van der Waals surface area contributed by atoms with Crippen molar-refractivity contribution in [2.45, 2.75) is 36.9 Å². The Morgan fingerprint density at radius 2 is 2.17 bits per heavy atom. The normalized spacial score (nSPS) is 24.3. The van der Waals surface area contributed by atoms with Crippen LogP contribution in [0, 0.1) is 5.82 Å². The van der Waals surface area contributed by atoms with Crippen LogP contribution in [-0.4, -0.2) is 26.4 Å². The van der Waals surface area contributed by atoms with E-state index in [0.717, 1.165) is 18.9 Å². The molecule has 2 unspecified atom stereocenters. The number of halogens is 1. The lowest BCUT2D eigenvalue weighted by molar-refractivity contribution is 0.0690. The van der Waals surface area contributed by atoms with Crippen LogP contribution in [0.3, 0.4) is 0 Å². The van der Waals surface area contributed by atoms with E-state index in [1.807, 2.05) is 6.92 Å². The molecule has 0 amide bonds. The summed E-state index contributed by atoms with van der Waals surface area (Å²) in [5, 5.41) is 0. The Bertz CT molecular complexity index is 544. The molecule has 2 N–H and O–H groups in total. The molecule has 6 heteroatoms. The highest BCUT2D eigenvalue weighted by Gasteiger charge is 2.28. The van der Waals surface area contributed by atoms with Crippen molar-refractivity contribution in [2.24, 2.45) is 0 Å². The number of nitrogens with two attached hydrogens (primary N) is 1. The molecule has 2 atom stereocenters. The number of nitrogen functional groups attached to an aromatic ring is 1. The second-order valence-corrected chi connectivity index (χ2v) is 6.65. The van der Waals surface area contributed by atoms with E-state index in [0.29, 0.717) is 0 Å². The van der Waals surface area contributed by atoms with Crippen LogP contribution in [0.2, 0.25) is 0 Å². The predicted octanol–water partition coefficient (Wildman–Crippen LogP) is 1.75. The van der Waals surface area contributed by atoms with E-state index < -0.39 is 15.7 Å². The summed E-state index contributed by atoms with van der Waals surface area (Å²) in [4.78, 5) is -0.0441. The molecule has 1 aliphatic heterocycles. The zero-order valence-electron chi connectivity index (χ0n) is 10.1. The van der Waals surface area contributed by atoms with Crippen LogP contribution in [0.4, 0.5) is 10.1 Å². The summed E-state index contributed by atoms with van der Waals surface area (Å²) >= 11 is 0. The van der Waals surface area contributed by atoms with E-state index in [4.69, 9.17) is 10.5 Å². The molecule has 0 spiro atoms. The lowest BCUT2D eigenvalue weighted by atomic mass is 10.2. The summed E-state index contributed by atoms with van der Waals surface area (Å²) in [7, 11) is -3.53. The molecule has 0 aliphatic carbocycles. The number of rotatable bonds is 3. The van der Waals surface area contributed by atoms with Gasteiger partial charge in [0.15, 0.2) is 9.84 Å². The van der Waals surface area contributed by atoms with Gasteiger partial charge >= 0.3 is 0 Å². The first-order valence-electron chi connectivity index (χ1n) is 5.82. The Morgan fingerprint density at radius 1 is 1.44 bits per heavy atom. The second kappa shape index (κ2) is 4.85. The Hall–Kier alpha value is -1.14. The zero-order valence-corrected chi connectivity index (χ0v) is 10.9. The van der Waals surface area contributed by atoms with Crippen molar-refractivity contribution in [3.63, 3.8) is 0 Å². The van der Waals surface area contributed by atoms with E-state index in [9.17, 15) is 12.8 Å². The van der Waals surface area contributed by atoms with Crippen LogP contribution >= 0.6 is 0 Å². The topological polar surface area (TPSA) is 69.4 Å². The Labute approximate surface area is 106 Å². The van der Waals surface area contributed by atoms with E-state index in [2.05, 4.69) is 0 Å². The Kier molecular flexibility index (Phi) is 3.59. The number of anilines is 1. The first kappa shape index (κ1) is 13.3. The summed E-state index contributed by atoms with van der Waals surface area (Å²) in [6.45, 7) is 1.91. The van der Waals surface area contributed by atoms with Gasteiger partial charge in [-0.3, -0.25) is 0 Å². The fourth-order valence-corrected chi connectivity index (χ4v) is 3.54. The molecule has 0 bridgehead atoms. The molecule has 1 heterocycles. The molecular formula is C12H16FNO3S. The third-order valence-electron chi connectivity index (χ3n) is 3.06. The quantitative estimate of drug-likeness (QED) is 0.852. The van der Waals surface area contributed by atoms with Crippen molar-refractivity contribution in [3.8, 4) is 0 Å². The number of sulfone groups is 1. The summed E-state index contributed by atoms with van der Waals surface area (Å²) < 4.78 is 42.9. The van der Waals surface area contributed by atoms with Crippen molar-refractivity contribution >= 4 is 15.5 Å². The third-order valence-corrected chi connectivity index (χ3v) is 4.84. The first-order chi connectivity index (χ1) is 8.38. The maximum Gasteiger partial charge on any atom is 0.181 e. The molecule has 1 fully saturated rings. The van der Waals surface area contributed by atoms with Crippen molar-refractivity contribution in [1.82, 2.24) is 0 Å². The highest BCUT2D eigenvalue weighted by Crippen LogP contribution is 2.24. The maximum atomic E-state index is 13.3. The molecular weight excluding hydrogens is 257 g/mol. The monoisotopic (exact) mass is 273 g/mol. The number of ether oxygens (including phenoxy) is 1. The van der Waals surface area contributed by atoms with Crippen LogP contribution in [0.5, 0.6) is 0 Å². The molecule has 0 radical (unpaired) electrons. The van der Waals surface area contributed by atoms with Gasteiger partial charge in [-0.2, -0.15) is 0 Å². The lowest BCUT2D eigenvalue weighted by Gasteiger charge is -2.12. The van der Waals surface area contributed by atoms with Gasteiger partial charge in [-0.1, -0.05) is 0 Å². The Balaban J connectivity index is 2.17. The summed E-state index contributed by atoms with van der Waals surface area (Å²) in [6, 6.07) is 3.55. The number of hydrogen-bond donors (Lipinski definition) is 1. The van der Waals surface area contributed by atoms with E-state index in [-0.39, 0.29) is 28.5 Å². The summed E-state index contributed by atoms with van der Waals surface area (Å²) in [6.07, 6.45) is 1.37. The standard InChI is InChI=1S/C12H16FNO3S/c1-8-2-3-9(17-8)7-18(15,16)10-4-5-12(14)11(13)6-10/h4-6,8-9H,2-3,7,14H2,1H3. The van der Waals surface area contributed by atoms with Crippen molar-refractivity contribution in [1.29, 1.82) is 0 Å². The Morgan fingerprint density at radius 3 is 2.72 bits per heavy atom. The van der Waals surface area contributed by atoms with E-state index in [1.165, 1.54) is 12.1 Å². The largest absolute Gasteiger partial charge is 0.396 e. The molecule has 18 heavy (non-hydrogen) atoms. The SMILES string of the molecule is CC1CCC(CS(=O)(=O)c2ccc(N)c(F)c2)O1.